The Bertz CT molecular complexity index is 2130. The lowest BCUT2D eigenvalue weighted by Gasteiger charge is -2.11. The molecule has 0 saturated carbocycles. The predicted octanol–water partition coefficient (Wildman–Crippen LogP) is 8.00. The third-order valence-corrected chi connectivity index (χ3v) is 12.0. The summed E-state index contributed by atoms with van der Waals surface area (Å²) in [7, 11) is -7.41. The molecule has 0 heterocycles. The van der Waals surface area contributed by atoms with Gasteiger partial charge in [-0.2, -0.15) is 0 Å². The van der Waals surface area contributed by atoms with Crippen molar-refractivity contribution < 1.29 is 45.3 Å². The molecule has 0 fully saturated rings. The molecule has 0 aliphatic rings. The van der Waals surface area contributed by atoms with Crippen LogP contribution in [0, 0.1) is 0 Å². The highest BCUT2D eigenvalue weighted by atomic mass is 32.2. The molecule has 6 aromatic rings. The van der Waals surface area contributed by atoms with E-state index in [4.69, 9.17) is 28.4 Å². The minimum Gasteiger partial charge on any atom is -0.491 e. The largest absolute Gasteiger partial charge is 0.491 e. The van der Waals surface area contributed by atoms with E-state index in [0.29, 0.717) is 62.6 Å². The van der Waals surface area contributed by atoms with Crippen LogP contribution in [0.3, 0.4) is 0 Å². The van der Waals surface area contributed by atoms with Crippen LogP contribution in [0.4, 0.5) is 0 Å². The minimum absolute atomic E-state index is 0.161. The number of hydrogen-bond donors (Lipinski definition) is 0. The van der Waals surface area contributed by atoms with Gasteiger partial charge in [0.05, 0.1) is 46.0 Å². The van der Waals surface area contributed by atoms with Gasteiger partial charge in [-0.3, -0.25) is 0 Å². The molecule has 10 nitrogen and oxygen atoms in total. The van der Waals surface area contributed by atoms with Gasteiger partial charge in [-0.1, -0.05) is 60.7 Å². The second-order valence-corrected chi connectivity index (χ2v) is 16.3. The molecule has 0 saturated heterocycles. The van der Waals surface area contributed by atoms with Crippen LogP contribution in [0.1, 0.15) is 11.1 Å². The fourth-order valence-corrected chi connectivity index (χ4v) is 7.89. The highest BCUT2D eigenvalue weighted by Crippen LogP contribution is 2.27. The molecule has 56 heavy (non-hydrogen) atoms. The summed E-state index contributed by atoms with van der Waals surface area (Å²) < 4.78 is 86.6. The maximum Gasteiger partial charge on any atom is 0.206 e. The van der Waals surface area contributed by atoms with E-state index in [1.54, 1.807) is 48.5 Å². The van der Waals surface area contributed by atoms with E-state index in [9.17, 15) is 16.8 Å². The maximum absolute atomic E-state index is 13.1. The Labute approximate surface area is 328 Å². The number of ether oxygens (including phenoxy) is 6. The molecule has 6 aromatic carbocycles. The van der Waals surface area contributed by atoms with E-state index >= 15 is 0 Å². The molecular weight excluding hydrogens is 753 g/mol. The first kappa shape index (κ1) is 40.0. The van der Waals surface area contributed by atoms with Crippen LogP contribution >= 0.6 is 0 Å². The topological polar surface area (TPSA) is 124 Å². The molecule has 12 heteroatoms. The molecule has 0 spiro atoms. The molecule has 0 amide bonds. The third-order valence-electron chi connectivity index (χ3n) is 8.40. The lowest BCUT2D eigenvalue weighted by molar-refractivity contribution is 0.0273. The lowest BCUT2D eigenvalue weighted by Crippen LogP contribution is -2.13. The lowest BCUT2D eigenvalue weighted by atomic mass is 10.2. The van der Waals surface area contributed by atoms with Crippen LogP contribution < -0.4 is 18.9 Å². The maximum atomic E-state index is 13.1. The number of sulfone groups is 2. The van der Waals surface area contributed by atoms with Crippen molar-refractivity contribution in [3.63, 3.8) is 0 Å². The van der Waals surface area contributed by atoms with Crippen LogP contribution in [-0.4, -0.2) is 56.5 Å². The number of rotatable bonds is 21. The average molecular weight is 795 g/mol. The van der Waals surface area contributed by atoms with Crippen LogP contribution in [0.2, 0.25) is 0 Å². The molecule has 0 N–H and O–H groups in total. The van der Waals surface area contributed by atoms with E-state index in [0.717, 1.165) is 11.1 Å². The third kappa shape index (κ3) is 11.4. The van der Waals surface area contributed by atoms with Gasteiger partial charge >= 0.3 is 0 Å². The quantitative estimate of drug-likeness (QED) is 0.0663. The Balaban J connectivity index is 0.825. The number of hydrogen-bond acceptors (Lipinski definition) is 10. The molecule has 0 bridgehead atoms. The Morgan fingerprint density at radius 2 is 0.571 bits per heavy atom. The van der Waals surface area contributed by atoms with Gasteiger partial charge in [0.2, 0.25) is 19.7 Å². The first-order valence-corrected chi connectivity index (χ1v) is 20.9. The van der Waals surface area contributed by atoms with Crippen molar-refractivity contribution in [3.8, 4) is 23.0 Å². The van der Waals surface area contributed by atoms with Gasteiger partial charge in [0, 0.05) is 0 Å². The molecule has 0 aromatic heterocycles. The summed E-state index contributed by atoms with van der Waals surface area (Å²) in [6, 6.07) is 44.7. The van der Waals surface area contributed by atoms with E-state index in [1.165, 1.54) is 48.5 Å². The van der Waals surface area contributed by atoms with Gasteiger partial charge in [-0.05, 0) is 108 Å². The molecule has 0 aliphatic heterocycles. The fourth-order valence-electron chi connectivity index (χ4n) is 5.37. The standard InChI is InChI=1S/C44H42O10S2/c45-55(46,43-23-15-39(16-24-43)53-33-35-7-3-1-4-8-35)41-19-11-37(12-20-41)51-31-29-49-27-28-50-30-32-52-38-13-21-42(22-14-38)56(47,48)44-25-17-40(18-26-44)54-34-36-9-5-2-6-10-36/h1-26H,27-34H2. The van der Waals surface area contributed by atoms with Gasteiger partial charge < -0.3 is 28.4 Å². The van der Waals surface area contributed by atoms with Crippen molar-refractivity contribution in [3.05, 3.63) is 169 Å². The van der Waals surface area contributed by atoms with Crippen LogP contribution in [0.15, 0.2) is 177 Å². The Kier molecular flexibility index (Phi) is 14.1. The van der Waals surface area contributed by atoms with E-state index < -0.39 is 19.7 Å². The number of benzene rings is 6. The van der Waals surface area contributed by atoms with Crippen molar-refractivity contribution in [2.24, 2.45) is 0 Å². The zero-order chi connectivity index (χ0) is 39.1. The van der Waals surface area contributed by atoms with E-state index in [1.807, 2.05) is 60.7 Å². The van der Waals surface area contributed by atoms with Crippen molar-refractivity contribution >= 4 is 19.7 Å². The summed E-state index contributed by atoms with van der Waals surface area (Å²) >= 11 is 0. The fraction of sp³-hybridized carbons (Fsp3) is 0.182. The van der Waals surface area contributed by atoms with Crippen LogP contribution in [0.5, 0.6) is 23.0 Å². The van der Waals surface area contributed by atoms with Gasteiger partial charge in [-0.15, -0.1) is 0 Å². The van der Waals surface area contributed by atoms with Crippen LogP contribution in [0.25, 0.3) is 0 Å². The van der Waals surface area contributed by atoms with Crippen molar-refractivity contribution in [2.75, 3.05) is 39.6 Å². The summed E-state index contributed by atoms with van der Waals surface area (Å²) in [5.74, 6) is 2.21. The predicted molar refractivity (Wildman–Crippen MR) is 211 cm³/mol. The first-order valence-electron chi connectivity index (χ1n) is 17.9. The first-order chi connectivity index (χ1) is 27.3. The molecule has 0 aliphatic carbocycles. The van der Waals surface area contributed by atoms with Gasteiger partial charge in [0.1, 0.15) is 49.4 Å². The monoisotopic (exact) mass is 794 g/mol. The molecule has 6 rings (SSSR count). The average Bonchev–Trinajstić information content (AvgIpc) is 3.24. The van der Waals surface area contributed by atoms with Gasteiger partial charge in [0.15, 0.2) is 0 Å². The molecule has 0 radical (unpaired) electrons. The van der Waals surface area contributed by atoms with Gasteiger partial charge in [0.25, 0.3) is 0 Å². The Hall–Kier alpha value is -5.66. The highest BCUT2D eigenvalue weighted by Gasteiger charge is 2.19. The molecule has 290 valence electrons. The van der Waals surface area contributed by atoms with E-state index in [2.05, 4.69) is 0 Å². The molecule has 0 atom stereocenters. The summed E-state index contributed by atoms with van der Waals surface area (Å²) in [5, 5.41) is 0. The summed E-state index contributed by atoms with van der Waals surface area (Å²) in [4.78, 5) is 0.668. The SMILES string of the molecule is O=S(=O)(c1ccc(OCCOCCOCCOc2ccc(S(=O)(=O)c3ccc(OCc4ccccc4)cc3)cc2)cc1)c1ccc(OCc2ccccc2)cc1. The Morgan fingerprint density at radius 1 is 0.304 bits per heavy atom. The zero-order valence-corrected chi connectivity index (χ0v) is 32.2. The van der Waals surface area contributed by atoms with Crippen molar-refractivity contribution in [1.29, 1.82) is 0 Å². The highest BCUT2D eigenvalue weighted by molar-refractivity contribution is 7.91. The van der Waals surface area contributed by atoms with Gasteiger partial charge in [-0.25, -0.2) is 16.8 Å². The normalized spacial score (nSPS) is 11.5. The summed E-state index contributed by atoms with van der Waals surface area (Å²) in [6.45, 7) is 2.68. The minimum atomic E-state index is -3.71. The van der Waals surface area contributed by atoms with Crippen LogP contribution in [-0.2, 0) is 42.4 Å². The zero-order valence-electron chi connectivity index (χ0n) is 30.6. The summed E-state index contributed by atoms with van der Waals surface area (Å²) in [6.07, 6.45) is 0. The van der Waals surface area contributed by atoms with E-state index in [-0.39, 0.29) is 32.8 Å². The smallest absolute Gasteiger partial charge is 0.206 e. The van der Waals surface area contributed by atoms with Crippen molar-refractivity contribution in [1.82, 2.24) is 0 Å². The molecular formula is C44H42O10S2. The van der Waals surface area contributed by atoms with Crippen molar-refractivity contribution in [2.45, 2.75) is 32.8 Å². The molecule has 0 unspecified atom stereocenters. The summed E-state index contributed by atoms with van der Waals surface area (Å²) in [5.41, 5.74) is 2.05. The second-order valence-electron chi connectivity index (χ2n) is 12.4. The second kappa shape index (κ2) is 19.8. The Morgan fingerprint density at radius 3 is 0.875 bits per heavy atom.